The number of hydrogen-bond donors (Lipinski definition) is 0. The molecule has 2 aromatic carbocycles. The lowest BCUT2D eigenvalue weighted by molar-refractivity contribution is -0.166. The van der Waals surface area contributed by atoms with Crippen LogP contribution in [0, 0.1) is 10.8 Å². The number of halogens is 6. The number of piperidine rings is 2. The zero-order chi connectivity index (χ0) is 54.6. The number of carbonyl (C=O) groups is 4. The van der Waals surface area contributed by atoms with Crippen molar-refractivity contribution in [2.24, 2.45) is 10.8 Å². The van der Waals surface area contributed by atoms with Crippen LogP contribution >= 0.6 is 0 Å². The highest BCUT2D eigenvalue weighted by Gasteiger charge is 2.46. The molecular weight excluding hydrogens is 979 g/mol. The summed E-state index contributed by atoms with van der Waals surface area (Å²) in [6.07, 6.45) is -9.94. The average Bonchev–Trinajstić information content (AvgIpc) is 3.31. The van der Waals surface area contributed by atoms with E-state index in [4.69, 9.17) is 28.4 Å². The molecule has 2 amide bonds. The smallest absolute Gasteiger partial charge is 0.421 e. The van der Waals surface area contributed by atoms with E-state index in [1.807, 2.05) is 30.3 Å². The fourth-order valence-corrected chi connectivity index (χ4v) is 8.46. The minimum Gasteiger partial charge on any atom is -0.476 e. The molecule has 0 spiro atoms. The van der Waals surface area contributed by atoms with Crippen molar-refractivity contribution in [3.05, 3.63) is 119 Å². The average molecular weight is 1040 g/mol. The van der Waals surface area contributed by atoms with Crippen LogP contribution in [0.15, 0.2) is 91.3 Å². The van der Waals surface area contributed by atoms with Crippen LogP contribution in [0.1, 0.15) is 128 Å². The van der Waals surface area contributed by atoms with Crippen molar-refractivity contribution in [1.82, 2.24) is 19.8 Å². The van der Waals surface area contributed by atoms with Crippen LogP contribution in [0.2, 0.25) is 0 Å². The summed E-state index contributed by atoms with van der Waals surface area (Å²) < 4.78 is 118. The molecule has 402 valence electrons. The van der Waals surface area contributed by atoms with Gasteiger partial charge in [0, 0.05) is 56.7 Å². The highest BCUT2D eigenvalue weighted by molar-refractivity contribution is 5.77. The molecule has 5 atom stereocenters. The van der Waals surface area contributed by atoms with Crippen LogP contribution in [0.5, 0.6) is 11.8 Å². The van der Waals surface area contributed by atoms with Gasteiger partial charge in [-0.15, -0.1) is 0 Å². The van der Waals surface area contributed by atoms with Crippen LogP contribution in [0.3, 0.4) is 0 Å². The first-order valence-electron chi connectivity index (χ1n) is 24.2. The minimum atomic E-state index is -4.76. The molecule has 2 aliphatic heterocycles. The summed E-state index contributed by atoms with van der Waals surface area (Å²) in [5.41, 5.74) is -4.89. The summed E-state index contributed by atoms with van der Waals surface area (Å²) in [6.45, 7) is 15.5. The highest BCUT2D eigenvalue weighted by Crippen LogP contribution is 2.43. The van der Waals surface area contributed by atoms with E-state index in [2.05, 4.69) is 9.97 Å². The van der Waals surface area contributed by atoms with E-state index in [9.17, 15) is 45.5 Å². The molecule has 0 radical (unpaired) electrons. The zero-order valence-electron chi connectivity index (χ0n) is 43.1. The monoisotopic (exact) mass is 1040 g/mol. The fraction of sp³-hybridized carbons (Fsp3) is 0.519. The predicted octanol–water partition coefficient (Wildman–Crippen LogP) is 11.7. The Morgan fingerprint density at radius 3 is 1.49 bits per heavy atom. The van der Waals surface area contributed by atoms with E-state index in [0.29, 0.717) is 11.1 Å². The molecule has 4 heterocycles. The van der Waals surface area contributed by atoms with Crippen molar-refractivity contribution >= 4 is 24.1 Å². The summed E-state index contributed by atoms with van der Waals surface area (Å²) in [5.74, 6) is -4.14. The van der Waals surface area contributed by atoms with E-state index < -0.39 is 125 Å². The lowest BCUT2D eigenvalue weighted by Crippen LogP contribution is -2.50. The van der Waals surface area contributed by atoms with Crippen molar-refractivity contribution in [2.75, 3.05) is 32.8 Å². The fourth-order valence-electron chi connectivity index (χ4n) is 8.46. The van der Waals surface area contributed by atoms with Gasteiger partial charge in [0.1, 0.15) is 47.8 Å². The number of ether oxygens (including phenoxy) is 6. The number of likely N-dealkylation sites (tertiary alicyclic amines) is 2. The summed E-state index contributed by atoms with van der Waals surface area (Å²) in [4.78, 5) is 66.4. The van der Waals surface area contributed by atoms with Crippen molar-refractivity contribution in [2.45, 2.75) is 136 Å². The molecule has 2 aliphatic rings. The molecule has 0 aliphatic carbocycles. The van der Waals surface area contributed by atoms with Gasteiger partial charge in [0.25, 0.3) is 0 Å². The maximum atomic E-state index is 14.2. The summed E-state index contributed by atoms with van der Waals surface area (Å²) in [6, 6.07) is 19.4. The quantitative estimate of drug-likeness (QED) is 0.0710. The van der Waals surface area contributed by atoms with Crippen LogP contribution in [0.4, 0.5) is 35.9 Å². The number of carbonyl (C=O) groups excluding carboxylic acids is 4. The molecule has 0 saturated carbocycles. The maximum Gasteiger partial charge on any atom is 0.421 e. The molecule has 1 unspecified atom stereocenters. The van der Waals surface area contributed by atoms with E-state index in [-0.39, 0.29) is 32.5 Å². The Kier molecular flexibility index (Phi) is 16.9. The Balaban J connectivity index is 1.30. The molecule has 2 fully saturated rings. The first kappa shape index (κ1) is 56.7. The number of esters is 2. The second-order valence-corrected chi connectivity index (χ2v) is 21.8. The summed E-state index contributed by atoms with van der Waals surface area (Å²) in [7, 11) is 0. The normalized spacial score (nSPS) is 20.0. The Hall–Kier alpha value is -6.60. The lowest BCUT2D eigenvalue weighted by atomic mass is 9.81. The Labute approximate surface area is 427 Å². The van der Waals surface area contributed by atoms with E-state index >= 15 is 0 Å². The first-order valence-corrected chi connectivity index (χ1v) is 24.2. The van der Waals surface area contributed by atoms with Gasteiger partial charge >= 0.3 is 36.5 Å². The van der Waals surface area contributed by atoms with Gasteiger partial charge in [-0.2, -0.15) is 26.3 Å². The van der Waals surface area contributed by atoms with Gasteiger partial charge in [-0.25, -0.2) is 19.6 Å². The number of pyridine rings is 2. The van der Waals surface area contributed by atoms with Gasteiger partial charge in [-0.1, -0.05) is 54.6 Å². The van der Waals surface area contributed by atoms with Gasteiger partial charge in [0.15, 0.2) is 0 Å². The number of alkyl halides is 6. The van der Waals surface area contributed by atoms with Gasteiger partial charge in [-0.3, -0.25) is 9.59 Å². The Morgan fingerprint density at radius 1 is 0.554 bits per heavy atom. The van der Waals surface area contributed by atoms with Crippen molar-refractivity contribution in [3.8, 4) is 11.8 Å². The standard InChI is InChI=1S/C54H64F6N4O10/c1-49(2,3)73-47(67)63-27-24-41(71-45(65)51(7,8)31-69-43-38(53(55,56)57)18-14-25-61-43)36(29-63)34-20-22-35(23-21-34)40-28-42(37(33-16-12-11-13-17-33)30-64(40)48(68)74-50(4,5)6)72-46(66)52(9,10)32-70-44-39(54(58,59)60)19-15-26-62-44/h11-23,25-26,36-37,40-42H,24,27-32H2,1-10H3/t36-,37+,40?,41+,42-/m0/s1. The van der Waals surface area contributed by atoms with Crippen molar-refractivity contribution in [1.29, 1.82) is 0 Å². The molecule has 2 aromatic heterocycles. The molecule has 14 nitrogen and oxygen atoms in total. The number of rotatable bonds is 13. The first-order chi connectivity index (χ1) is 34.3. The van der Waals surface area contributed by atoms with Crippen LogP contribution in [-0.2, 0) is 40.9 Å². The molecule has 20 heteroatoms. The summed E-state index contributed by atoms with van der Waals surface area (Å²) in [5, 5.41) is 0. The van der Waals surface area contributed by atoms with Crippen molar-refractivity contribution < 1.29 is 73.9 Å². The van der Waals surface area contributed by atoms with E-state index in [1.165, 1.54) is 32.6 Å². The van der Waals surface area contributed by atoms with Gasteiger partial charge in [0.05, 0.1) is 16.9 Å². The SMILES string of the molecule is CC(C)(C)OC(=O)N1CC[C@@H](OC(=O)C(C)(C)COc2ncccc2C(F)(F)F)[C@H](c2ccc(C3C[C@H](OC(=O)C(C)(C)COc4ncccc4C(F)(F)F)[C@@H](c4ccccc4)CN3C(=O)OC(C)(C)C)cc2)C1. The maximum absolute atomic E-state index is 14.2. The third-order valence-electron chi connectivity index (χ3n) is 12.4. The molecule has 0 bridgehead atoms. The van der Waals surface area contributed by atoms with Gasteiger partial charge in [0.2, 0.25) is 11.8 Å². The number of nitrogens with zero attached hydrogens (tertiary/aromatic N) is 4. The second kappa shape index (κ2) is 22.1. The highest BCUT2D eigenvalue weighted by atomic mass is 19.4. The lowest BCUT2D eigenvalue weighted by Gasteiger charge is -2.45. The second-order valence-electron chi connectivity index (χ2n) is 21.8. The Bertz CT molecular complexity index is 2600. The van der Waals surface area contributed by atoms with Crippen molar-refractivity contribution in [3.63, 3.8) is 0 Å². The molecule has 74 heavy (non-hydrogen) atoms. The van der Waals surface area contributed by atoms with E-state index in [0.717, 1.165) is 42.2 Å². The number of benzene rings is 2. The predicted molar refractivity (Wildman–Crippen MR) is 258 cm³/mol. The third kappa shape index (κ3) is 14.6. The number of hydrogen-bond acceptors (Lipinski definition) is 12. The third-order valence-corrected chi connectivity index (χ3v) is 12.4. The molecule has 6 rings (SSSR count). The van der Waals surface area contributed by atoms with E-state index in [1.54, 1.807) is 70.7 Å². The van der Waals surface area contributed by atoms with Gasteiger partial charge < -0.3 is 38.2 Å². The number of aromatic nitrogens is 2. The minimum absolute atomic E-state index is 0.0198. The summed E-state index contributed by atoms with van der Waals surface area (Å²) >= 11 is 0. The largest absolute Gasteiger partial charge is 0.476 e. The van der Waals surface area contributed by atoms with Crippen LogP contribution in [-0.4, -0.2) is 100 Å². The zero-order valence-corrected chi connectivity index (χ0v) is 43.1. The molecule has 4 aromatic rings. The van der Waals surface area contributed by atoms with Gasteiger partial charge in [-0.05, 0) is 110 Å². The molecular formula is C54H64F6N4O10. The number of amides is 2. The van der Waals surface area contributed by atoms with Crippen LogP contribution < -0.4 is 9.47 Å². The molecule has 2 saturated heterocycles. The Morgan fingerprint density at radius 2 is 1.00 bits per heavy atom. The van der Waals surface area contributed by atoms with Crippen LogP contribution in [0.25, 0.3) is 0 Å². The molecule has 0 N–H and O–H groups in total. The topological polar surface area (TPSA) is 156 Å².